The van der Waals surface area contributed by atoms with Crippen molar-refractivity contribution in [3.8, 4) is 0 Å². The predicted molar refractivity (Wildman–Crippen MR) is 253 cm³/mol. The normalized spacial score (nSPS) is 15.0. The monoisotopic (exact) mass is 757 g/mol. The smallest absolute Gasteiger partial charge is 0.00752 e. The zero-order valence-corrected chi connectivity index (χ0v) is 44.3. The van der Waals surface area contributed by atoms with Gasteiger partial charge in [-0.2, -0.15) is 11.8 Å². The summed E-state index contributed by atoms with van der Waals surface area (Å²) in [6, 6.07) is 0. The van der Waals surface area contributed by atoms with Crippen molar-refractivity contribution in [1.29, 1.82) is 0 Å². The molecule has 1 heteroatoms. The summed E-state index contributed by atoms with van der Waals surface area (Å²) in [6.07, 6.45) is 7.95. The maximum atomic E-state index is 2.35. The zero-order chi connectivity index (χ0) is 43.8. The van der Waals surface area contributed by atoms with Crippen LogP contribution in [0.25, 0.3) is 0 Å². The van der Waals surface area contributed by atoms with Gasteiger partial charge in [0.05, 0.1) is 0 Å². The molecule has 0 rings (SSSR count). The fraction of sp³-hybridized carbons (Fsp3) is 1.00. The third-order valence-electron chi connectivity index (χ3n) is 8.98. The van der Waals surface area contributed by atoms with Crippen molar-refractivity contribution >= 4 is 11.8 Å². The SMILES string of the molecule is CC(C)(C)CCC(C)(C)C.CC(C)(C)CCC(C)(C)C.CC(C)(C)CSC(C)(C)C.CC(CC(C)(C)C)C(C)(C)C.CC(CC(C)(C)C)C(C)(C)C. The number of hydrogen-bond donors (Lipinski definition) is 0. The summed E-state index contributed by atoms with van der Waals surface area (Å²) in [5.41, 5.74) is 4.39. The Balaban J connectivity index is -0.000000177. The van der Waals surface area contributed by atoms with Gasteiger partial charge in [0.1, 0.15) is 0 Å². The lowest BCUT2D eigenvalue weighted by atomic mass is 9.73. The molecule has 0 saturated carbocycles. The first kappa shape index (κ1) is 61.6. The van der Waals surface area contributed by atoms with E-state index in [9.17, 15) is 0 Å². The molecule has 0 aromatic carbocycles. The molecule has 0 heterocycles. The van der Waals surface area contributed by atoms with Gasteiger partial charge < -0.3 is 0 Å². The molecule has 0 bridgehead atoms. The third kappa shape index (κ3) is 65.3. The third-order valence-corrected chi connectivity index (χ3v) is 10.9. The van der Waals surface area contributed by atoms with Crippen LogP contribution < -0.4 is 0 Å². The highest BCUT2D eigenvalue weighted by atomic mass is 32.2. The van der Waals surface area contributed by atoms with Crippen molar-refractivity contribution in [3.05, 3.63) is 0 Å². The van der Waals surface area contributed by atoms with Crippen molar-refractivity contribution in [2.75, 3.05) is 5.75 Å². The largest absolute Gasteiger partial charge is 0.155 e. The van der Waals surface area contributed by atoms with Crippen LogP contribution >= 0.6 is 11.8 Å². The summed E-state index contributed by atoms with van der Waals surface area (Å²) in [4.78, 5) is 0. The van der Waals surface area contributed by atoms with Gasteiger partial charge in [0.15, 0.2) is 0 Å². The van der Waals surface area contributed by atoms with E-state index in [1.54, 1.807) is 0 Å². The molecule has 2 atom stereocenters. The van der Waals surface area contributed by atoms with Gasteiger partial charge in [-0.25, -0.2) is 0 Å². The van der Waals surface area contributed by atoms with Crippen molar-refractivity contribution in [2.24, 2.45) is 60.6 Å². The molecule has 0 nitrogen and oxygen atoms in total. The Hall–Kier alpha value is 0.350. The molecule has 0 spiro atoms. The second-order valence-electron chi connectivity index (χ2n) is 28.3. The molecule has 322 valence electrons. The van der Waals surface area contributed by atoms with Crippen LogP contribution in [0.4, 0.5) is 0 Å². The number of thioether (sulfide) groups is 1. The van der Waals surface area contributed by atoms with Gasteiger partial charge in [-0.15, -0.1) is 0 Å². The molecule has 2 unspecified atom stereocenters. The predicted octanol–water partition coefficient (Wildman–Crippen LogP) is 19.5. The lowest BCUT2D eigenvalue weighted by Gasteiger charge is -2.32. The van der Waals surface area contributed by atoms with Gasteiger partial charge in [-0.05, 0) is 105 Å². The maximum Gasteiger partial charge on any atom is 0.00752 e. The molecule has 0 fully saturated rings. The topological polar surface area (TPSA) is 0 Å². The molecule has 0 N–H and O–H groups in total. The Morgan fingerprint density at radius 3 is 0.538 bits per heavy atom. The van der Waals surface area contributed by atoms with Crippen LogP contribution in [-0.4, -0.2) is 10.5 Å². The highest BCUT2D eigenvalue weighted by Gasteiger charge is 2.26. The molecule has 0 amide bonds. The zero-order valence-electron chi connectivity index (χ0n) is 43.5. The summed E-state index contributed by atoms with van der Waals surface area (Å²) < 4.78 is 0.424. The second kappa shape index (κ2) is 23.5. The molecule has 0 aromatic heterocycles. The molecule has 52 heavy (non-hydrogen) atoms. The maximum absolute atomic E-state index is 2.35. The van der Waals surface area contributed by atoms with Gasteiger partial charge in [0, 0.05) is 4.75 Å². The fourth-order valence-electron chi connectivity index (χ4n) is 4.38. The lowest BCUT2D eigenvalue weighted by Crippen LogP contribution is -2.22. The Morgan fingerprint density at radius 2 is 0.481 bits per heavy atom. The number of rotatable bonds is 5. The van der Waals surface area contributed by atoms with E-state index in [0.717, 1.165) is 11.8 Å². The molecule has 0 radical (unpaired) electrons. The fourth-order valence-corrected chi connectivity index (χ4v) is 5.25. The minimum absolute atomic E-state index is 0.424. The second-order valence-corrected chi connectivity index (χ2v) is 30.1. The molecular weight excluding hydrogens is 645 g/mol. The minimum Gasteiger partial charge on any atom is -0.155 e. The number of hydrogen-bond acceptors (Lipinski definition) is 1. The van der Waals surface area contributed by atoms with Crippen LogP contribution in [0.2, 0.25) is 0 Å². The highest BCUT2D eigenvalue weighted by molar-refractivity contribution is 8.00. The average Bonchev–Trinajstić information content (AvgIpc) is 2.76. The molecular formula is C51H112S. The lowest BCUT2D eigenvalue weighted by molar-refractivity contribution is 0.182. The van der Waals surface area contributed by atoms with E-state index in [2.05, 4.69) is 222 Å². The van der Waals surface area contributed by atoms with E-state index in [-0.39, 0.29) is 0 Å². The Kier molecular flexibility index (Phi) is 27.9. The van der Waals surface area contributed by atoms with Gasteiger partial charge in [-0.1, -0.05) is 222 Å². The summed E-state index contributed by atoms with van der Waals surface area (Å²) in [6.45, 7) is 73.8. The first-order valence-electron chi connectivity index (χ1n) is 21.5. The van der Waals surface area contributed by atoms with E-state index >= 15 is 0 Å². The van der Waals surface area contributed by atoms with Crippen molar-refractivity contribution in [2.45, 2.75) is 265 Å². The average molecular weight is 758 g/mol. The molecule has 0 aliphatic rings. The van der Waals surface area contributed by atoms with Crippen LogP contribution in [0, 0.1) is 60.6 Å². The Bertz CT molecular complexity index is 690. The van der Waals surface area contributed by atoms with E-state index in [4.69, 9.17) is 0 Å². The van der Waals surface area contributed by atoms with Crippen LogP contribution in [0.5, 0.6) is 0 Å². The molecule has 0 aromatic rings. The Labute approximate surface area is 341 Å². The quantitative estimate of drug-likeness (QED) is 0.269. The first-order valence-corrected chi connectivity index (χ1v) is 22.5. The van der Waals surface area contributed by atoms with Crippen LogP contribution in [0.3, 0.4) is 0 Å². The van der Waals surface area contributed by atoms with Crippen molar-refractivity contribution < 1.29 is 0 Å². The Morgan fingerprint density at radius 1 is 0.288 bits per heavy atom. The van der Waals surface area contributed by atoms with Gasteiger partial charge in [0.25, 0.3) is 0 Å². The van der Waals surface area contributed by atoms with E-state index in [0.29, 0.717) is 53.5 Å². The van der Waals surface area contributed by atoms with Crippen LogP contribution in [0.1, 0.15) is 260 Å². The summed E-state index contributed by atoms with van der Waals surface area (Å²) >= 11 is 2.04. The van der Waals surface area contributed by atoms with E-state index in [1.807, 2.05) is 11.8 Å². The van der Waals surface area contributed by atoms with Crippen molar-refractivity contribution in [3.63, 3.8) is 0 Å². The minimum atomic E-state index is 0.424. The summed E-state index contributed by atoms with van der Waals surface area (Å²) in [5, 5.41) is 0. The van der Waals surface area contributed by atoms with Gasteiger partial charge in [-0.3, -0.25) is 0 Å². The van der Waals surface area contributed by atoms with Crippen molar-refractivity contribution in [1.82, 2.24) is 0 Å². The standard InChI is InChI=1S/2C11H24.2C10H22.C9H20S/c2*1-9(11(5,6)7)8-10(2,3)4;2*1-9(2,3)7-8-10(4,5)6;1-8(2,3)7-10-9(4,5)6/h2*9H,8H2,1-7H3;2*7-8H2,1-6H3;7H2,1-6H3. The highest BCUT2D eigenvalue weighted by Crippen LogP contribution is 2.36. The van der Waals surface area contributed by atoms with E-state index < -0.39 is 0 Å². The molecule has 0 saturated heterocycles. The van der Waals surface area contributed by atoms with Gasteiger partial charge >= 0.3 is 0 Å². The molecule has 0 aliphatic heterocycles. The first-order chi connectivity index (χ1) is 21.9. The van der Waals surface area contributed by atoms with Crippen LogP contribution in [0.15, 0.2) is 0 Å². The van der Waals surface area contributed by atoms with Crippen LogP contribution in [-0.2, 0) is 0 Å². The molecule has 0 aliphatic carbocycles. The summed E-state index contributed by atoms with van der Waals surface area (Å²) in [7, 11) is 0. The summed E-state index contributed by atoms with van der Waals surface area (Å²) in [5.74, 6) is 2.86. The van der Waals surface area contributed by atoms with E-state index in [1.165, 1.54) is 44.3 Å². The van der Waals surface area contributed by atoms with Gasteiger partial charge in [0.2, 0.25) is 0 Å².